The number of amides is 1. The lowest BCUT2D eigenvalue weighted by Gasteiger charge is -2.49. The van der Waals surface area contributed by atoms with Crippen LogP contribution in [0, 0.1) is 11.2 Å². The number of rotatable bonds is 5. The molecule has 1 aromatic heterocycles. The maximum Gasteiger partial charge on any atom is 0.220 e. The normalized spacial score (nSPS) is 25.7. The number of piperidine rings is 1. The molecule has 0 radical (unpaired) electrons. The topological polar surface area (TPSA) is 52.6 Å². The van der Waals surface area contributed by atoms with E-state index in [-0.39, 0.29) is 23.2 Å². The molecule has 29 heavy (non-hydrogen) atoms. The van der Waals surface area contributed by atoms with E-state index in [0.29, 0.717) is 25.9 Å². The summed E-state index contributed by atoms with van der Waals surface area (Å²) in [7, 11) is 0. The van der Waals surface area contributed by atoms with Crippen LogP contribution in [0.3, 0.4) is 0 Å². The van der Waals surface area contributed by atoms with Crippen molar-refractivity contribution in [1.29, 1.82) is 0 Å². The van der Waals surface area contributed by atoms with Crippen LogP contribution in [0.5, 0.6) is 0 Å². The van der Waals surface area contributed by atoms with E-state index in [0.717, 1.165) is 10.4 Å². The summed E-state index contributed by atoms with van der Waals surface area (Å²) in [6.45, 7) is 9.10. The second-order valence-corrected chi connectivity index (χ2v) is 10.4. The summed E-state index contributed by atoms with van der Waals surface area (Å²) in [6.07, 6.45) is 0.922. The van der Waals surface area contributed by atoms with E-state index in [1.807, 2.05) is 44.4 Å². The summed E-state index contributed by atoms with van der Waals surface area (Å²) in [5, 5.41) is 16.3. The van der Waals surface area contributed by atoms with Crippen LogP contribution in [-0.2, 0) is 11.3 Å². The van der Waals surface area contributed by atoms with Gasteiger partial charge in [0.1, 0.15) is 5.82 Å². The number of hydrogen-bond donors (Lipinski definition) is 2. The number of benzene rings is 1. The number of likely N-dealkylation sites (tertiary alicyclic amines) is 1. The van der Waals surface area contributed by atoms with Crippen molar-refractivity contribution in [2.45, 2.75) is 64.8 Å². The minimum Gasteiger partial charge on any atom is -0.388 e. The number of thiophene rings is 1. The summed E-state index contributed by atoms with van der Waals surface area (Å²) in [5.74, 6) is -0.314. The van der Waals surface area contributed by atoms with Gasteiger partial charge < -0.3 is 10.4 Å². The Morgan fingerprint density at radius 3 is 2.72 bits per heavy atom. The fraction of sp³-hybridized carbons (Fsp3) is 0.522. The lowest BCUT2D eigenvalue weighted by molar-refractivity contribution is -0.130. The van der Waals surface area contributed by atoms with Gasteiger partial charge in [0, 0.05) is 24.4 Å². The molecule has 3 atom stereocenters. The first-order valence-electron chi connectivity index (χ1n) is 10.1. The van der Waals surface area contributed by atoms with E-state index >= 15 is 0 Å². The number of halogens is 1. The van der Waals surface area contributed by atoms with E-state index in [1.54, 1.807) is 30.4 Å². The summed E-state index contributed by atoms with van der Waals surface area (Å²) >= 11 is 1.61. The van der Waals surface area contributed by atoms with Crippen LogP contribution in [0.1, 0.15) is 57.0 Å². The number of hydrogen-bond acceptors (Lipinski definition) is 4. The zero-order chi connectivity index (χ0) is 21.2. The van der Waals surface area contributed by atoms with Gasteiger partial charge in [-0.25, -0.2) is 4.39 Å². The quantitative estimate of drug-likeness (QED) is 0.751. The molecule has 6 heteroatoms. The van der Waals surface area contributed by atoms with Crippen molar-refractivity contribution in [1.82, 2.24) is 10.2 Å². The number of aliphatic hydroxyl groups is 1. The van der Waals surface area contributed by atoms with Crippen LogP contribution in [0.4, 0.5) is 4.39 Å². The molecule has 1 amide bonds. The summed E-state index contributed by atoms with van der Waals surface area (Å²) in [6, 6.07) is 10.0. The largest absolute Gasteiger partial charge is 0.388 e. The predicted molar refractivity (Wildman–Crippen MR) is 115 cm³/mol. The molecule has 0 spiro atoms. The highest BCUT2D eigenvalue weighted by Gasteiger charge is 2.46. The molecule has 1 aliphatic heterocycles. The zero-order valence-electron chi connectivity index (χ0n) is 17.6. The molecule has 1 aromatic carbocycles. The Morgan fingerprint density at radius 2 is 2.10 bits per heavy atom. The van der Waals surface area contributed by atoms with Crippen LogP contribution in [0.15, 0.2) is 41.8 Å². The third-order valence-corrected chi connectivity index (χ3v) is 6.34. The van der Waals surface area contributed by atoms with Gasteiger partial charge in [-0.15, -0.1) is 11.3 Å². The second-order valence-electron chi connectivity index (χ2n) is 9.45. The van der Waals surface area contributed by atoms with E-state index < -0.39 is 11.6 Å². The third-order valence-electron chi connectivity index (χ3n) is 5.40. The maximum atomic E-state index is 13.7. The first kappa shape index (κ1) is 21.9. The second kappa shape index (κ2) is 8.54. The van der Waals surface area contributed by atoms with Crippen molar-refractivity contribution in [2.24, 2.45) is 5.41 Å². The Balaban J connectivity index is 1.90. The molecule has 158 valence electrons. The van der Waals surface area contributed by atoms with Crippen molar-refractivity contribution in [3.63, 3.8) is 0 Å². The summed E-state index contributed by atoms with van der Waals surface area (Å²) < 4.78 is 13.7. The van der Waals surface area contributed by atoms with Crippen LogP contribution in [-0.4, -0.2) is 34.1 Å². The number of carbonyl (C=O) groups is 1. The first-order chi connectivity index (χ1) is 13.5. The van der Waals surface area contributed by atoms with Crippen molar-refractivity contribution in [3.8, 4) is 0 Å². The molecule has 4 nitrogen and oxygen atoms in total. The molecule has 1 fully saturated rings. The standard InChI is InChI=1S/C23H31FN2O2S/c1-22(2,3)14-19(27)25-21-20(18-9-6-12-29-18)26(11-10-23(21,4)28)15-16-7-5-8-17(24)13-16/h5-9,12-13,20-21,28H,10-11,14-15H2,1-4H3,(H,25,27)/t20-,21-,23+/m0/s1. The lowest BCUT2D eigenvalue weighted by Crippen LogP contribution is -2.62. The molecule has 1 saturated heterocycles. The Kier molecular flexibility index (Phi) is 6.46. The molecule has 3 rings (SSSR count). The van der Waals surface area contributed by atoms with Crippen LogP contribution in [0.25, 0.3) is 0 Å². The van der Waals surface area contributed by atoms with E-state index in [1.165, 1.54) is 6.07 Å². The van der Waals surface area contributed by atoms with Crippen LogP contribution < -0.4 is 5.32 Å². The summed E-state index contributed by atoms with van der Waals surface area (Å²) in [5.41, 5.74) is -0.279. The van der Waals surface area contributed by atoms with Crippen molar-refractivity contribution >= 4 is 17.2 Å². The average Bonchev–Trinajstić information content (AvgIpc) is 3.11. The van der Waals surface area contributed by atoms with Crippen LogP contribution >= 0.6 is 11.3 Å². The monoisotopic (exact) mass is 418 g/mol. The predicted octanol–water partition coefficient (Wildman–Crippen LogP) is 4.51. The van der Waals surface area contributed by atoms with E-state index in [2.05, 4.69) is 10.2 Å². The highest BCUT2D eigenvalue weighted by Crippen LogP contribution is 2.39. The molecule has 0 saturated carbocycles. The van der Waals surface area contributed by atoms with Gasteiger partial charge in [0.25, 0.3) is 0 Å². The van der Waals surface area contributed by atoms with Gasteiger partial charge in [0.05, 0.1) is 17.7 Å². The van der Waals surface area contributed by atoms with Crippen molar-refractivity contribution in [2.75, 3.05) is 6.54 Å². The van der Waals surface area contributed by atoms with Crippen molar-refractivity contribution < 1.29 is 14.3 Å². The molecular weight excluding hydrogens is 387 g/mol. The Labute approximate surface area is 176 Å². The number of nitrogens with one attached hydrogen (secondary N) is 1. The van der Waals surface area contributed by atoms with E-state index in [9.17, 15) is 14.3 Å². The van der Waals surface area contributed by atoms with Gasteiger partial charge in [-0.05, 0) is 47.9 Å². The van der Waals surface area contributed by atoms with Gasteiger partial charge >= 0.3 is 0 Å². The first-order valence-corrected chi connectivity index (χ1v) is 11.0. The van der Waals surface area contributed by atoms with Gasteiger partial charge in [0.15, 0.2) is 0 Å². The van der Waals surface area contributed by atoms with Gasteiger partial charge in [-0.2, -0.15) is 0 Å². The van der Waals surface area contributed by atoms with Gasteiger partial charge in [-0.1, -0.05) is 39.0 Å². The fourth-order valence-electron chi connectivity index (χ4n) is 4.01. The number of nitrogens with zero attached hydrogens (tertiary/aromatic N) is 1. The minimum atomic E-state index is -1.03. The van der Waals surface area contributed by atoms with Crippen LogP contribution in [0.2, 0.25) is 0 Å². The smallest absolute Gasteiger partial charge is 0.220 e. The fourth-order valence-corrected chi connectivity index (χ4v) is 4.90. The van der Waals surface area contributed by atoms with Crippen molar-refractivity contribution in [3.05, 3.63) is 58.0 Å². The Morgan fingerprint density at radius 1 is 1.34 bits per heavy atom. The Bertz CT molecular complexity index is 830. The SMILES string of the molecule is CC(C)(C)CC(=O)N[C@H]1[C@H](c2cccs2)N(Cc2cccc(F)c2)CC[C@@]1(C)O. The minimum absolute atomic E-state index is 0.0584. The molecule has 0 aliphatic carbocycles. The third kappa shape index (κ3) is 5.65. The molecule has 0 unspecified atom stereocenters. The maximum absolute atomic E-state index is 13.7. The zero-order valence-corrected chi connectivity index (χ0v) is 18.4. The average molecular weight is 419 g/mol. The Hall–Kier alpha value is -1.76. The molecular formula is C23H31FN2O2S. The molecule has 0 bridgehead atoms. The summed E-state index contributed by atoms with van der Waals surface area (Å²) in [4.78, 5) is 16.1. The molecule has 2 N–H and O–H groups in total. The van der Waals surface area contributed by atoms with Gasteiger partial charge in [-0.3, -0.25) is 9.69 Å². The highest BCUT2D eigenvalue weighted by atomic mass is 32.1. The number of carbonyl (C=O) groups excluding carboxylic acids is 1. The lowest BCUT2D eigenvalue weighted by atomic mass is 9.81. The highest BCUT2D eigenvalue weighted by molar-refractivity contribution is 7.10. The van der Waals surface area contributed by atoms with E-state index in [4.69, 9.17) is 0 Å². The van der Waals surface area contributed by atoms with Gasteiger partial charge in [0.2, 0.25) is 5.91 Å². The molecule has 1 aliphatic rings. The molecule has 2 aromatic rings. The molecule has 2 heterocycles.